The zero-order valence-corrected chi connectivity index (χ0v) is 23.2. The first kappa shape index (κ1) is 28.8. The highest BCUT2D eigenvalue weighted by Crippen LogP contribution is 2.31. The van der Waals surface area contributed by atoms with Crippen LogP contribution in [0, 0.1) is 0 Å². The Morgan fingerprint density at radius 1 is 1.15 bits per heavy atom. The molecule has 0 bridgehead atoms. The van der Waals surface area contributed by atoms with Crippen molar-refractivity contribution in [1.82, 2.24) is 14.6 Å². The second-order valence-electron chi connectivity index (χ2n) is 9.20. The van der Waals surface area contributed by atoms with E-state index in [0.29, 0.717) is 36.8 Å². The van der Waals surface area contributed by atoms with Gasteiger partial charge in [-0.3, -0.25) is 14.4 Å². The van der Waals surface area contributed by atoms with Crippen LogP contribution in [-0.2, 0) is 16.1 Å². The van der Waals surface area contributed by atoms with E-state index < -0.39 is 17.9 Å². The summed E-state index contributed by atoms with van der Waals surface area (Å²) in [6, 6.07) is 13.1. The molecular formula is C28H33N5O6S. The number of anilines is 1. The Morgan fingerprint density at radius 2 is 1.85 bits per heavy atom. The summed E-state index contributed by atoms with van der Waals surface area (Å²) >= 11 is 0.766. The number of carbonyl (C=O) groups is 3. The maximum absolute atomic E-state index is 14.1. The number of ether oxygens (including phenoxy) is 3. The van der Waals surface area contributed by atoms with Crippen LogP contribution in [0.1, 0.15) is 57.1 Å². The van der Waals surface area contributed by atoms with E-state index in [1.807, 2.05) is 19.1 Å². The average Bonchev–Trinajstić information content (AvgIpc) is 3.62. The van der Waals surface area contributed by atoms with Crippen LogP contribution in [0.15, 0.2) is 48.5 Å². The van der Waals surface area contributed by atoms with Gasteiger partial charge in [-0.25, -0.2) is 0 Å². The van der Waals surface area contributed by atoms with E-state index in [0.717, 1.165) is 29.9 Å². The van der Waals surface area contributed by atoms with Crippen molar-refractivity contribution in [3.8, 4) is 11.5 Å². The highest BCUT2D eigenvalue weighted by molar-refractivity contribution is 7.09. The Kier molecular flexibility index (Phi) is 9.56. The Morgan fingerprint density at radius 3 is 2.42 bits per heavy atom. The lowest BCUT2D eigenvalue weighted by molar-refractivity contribution is -0.126. The van der Waals surface area contributed by atoms with Gasteiger partial charge in [-0.2, -0.15) is 4.37 Å². The van der Waals surface area contributed by atoms with Crippen molar-refractivity contribution in [2.75, 3.05) is 32.6 Å². The van der Waals surface area contributed by atoms with Gasteiger partial charge < -0.3 is 35.9 Å². The van der Waals surface area contributed by atoms with Gasteiger partial charge in [-0.15, -0.1) is 0 Å². The summed E-state index contributed by atoms with van der Waals surface area (Å²) in [5.41, 5.74) is 12.5. The zero-order chi connectivity index (χ0) is 28.6. The normalized spacial score (nSPS) is 15.3. The number of aromatic nitrogens is 1. The molecule has 0 unspecified atom stereocenters. The molecule has 0 saturated carbocycles. The number of hydrogen-bond acceptors (Lipinski definition) is 9. The number of carbonyl (C=O) groups excluding carboxylic acids is 3. The maximum atomic E-state index is 14.1. The van der Waals surface area contributed by atoms with Gasteiger partial charge in [-0.1, -0.05) is 24.3 Å². The van der Waals surface area contributed by atoms with Crippen molar-refractivity contribution in [3.63, 3.8) is 0 Å². The van der Waals surface area contributed by atoms with Crippen molar-refractivity contribution in [2.24, 2.45) is 5.73 Å². The second kappa shape index (κ2) is 13.3. The lowest BCUT2D eigenvalue weighted by Crippen LogP contribution is -2.45. The van der Waals surface area contributed by atoms with Crippen LogP contribution < -0.4 is 26.3 Å². The van der Waals surface area contributed by atoms with Gasteiger partial charge in [0.25, 0.3) is 11.8 Å². The molecule has 2 aromatic carbocycles. The highest BCUT2D eigenvalue weighted by Gasteiger charge is 2.35. The molecule has 1 fully saturated rings. The third-order valence-electron chi connectivity index (χ3n) is 6.52. The number of benzene rings is 2. The number of nitrogen functional groups attached to an aromatic ring is 1. The number of nitrogens with two attached hydrogens (primary N) is 2. The summed E-state index contributed by atoms with van der Waals surface area (Å²) in [6.45, 7) is 3.38. The molecule has 11 nitrogen and oxygen atoms in total. The molecule has 3 amide bonds. The number of primary amides is 1. The standard InChI is InChI=1S/C28H33N5O6S/c1-3-38-20-12-8-18(9-13-20)24(27(35)31-15-21-5-4-14-39-21)33(16-17-6-10-19(37-2)11-7-17)28(36)25-22(29)23(26(30)34)32-40-25/h6-13,21,24H,3-5,14-16,29H2,1-2H3,(H2,30,34)(H,31,35)/t21-,24-/m0/s1. The lowest BCUT2D eigenvalue weighted by atomic mass is 10.0. The highest BCUT2D eigenvalue weighted by atomic mass is 32.1. The fourth-order valence-electron chi connectivity index (χ4n) is 4.47. The summed E-state index contributed by atoms with van der Waals surface area (Å²) in [6.07, 6.45) is 1.68. The molecule has 0 radical (unpaired) electrons. The van der Waals surface area contributed by atoms with E-state index in [4.69, 9.17) is 25.7 Å². The van der Waals surface area contributed by atoms with Gasteiger partial charge in [0.15, 0.2) is 5.69 Å². The van der Waals surface area contributed by atoms with Crippen molar-refractivity contribution in [1.29, 1.82) is 0 Å². The third kappa shape index (κ3) is 6.69. The maximum Gasteiger partial charge on any atom is 0.270 e. The fraction of sp³-hybridized carbons (Fsp3) is 0.357. The average molecular weight is 568 g/mol. The van der Waals surface area contributed by atoms with E-state index >= 15 is 0 Å². The molecule has 2 heterocycles. The molecule has 3 aromatic rings. The van der Waals surface area contributed by atoms with E-state index in [9.17, 15) is 14.4 Å². The Labute approximate surface area is 236 Å². The number of rotatable bonds is 12. The van der Waals surface area contributed by atoms with Gasteiger partial charge in [0, 0.05) is 19.7 Å². The SMILES string of the molecule is CCOc1ccc([C@@H](C(=O)NC[C@@H]2CCCO2)N(Cc2ccc(OC)cc2)C(=O)c2snc(C(N)=O)c2N)cc1. The molecule has 1 aliphatic heterocycles. The third-order valence-corrected chi connectivity index (χ3v) is 7.37. The van der Waals surface area contributed by atoms with Gasteiger partial charge in [0.2, 0.25) is 5.91 Å². The molecule has 5 N–H and O–H groups in total. The predicted molar refractivity (Wildman–Crippen MR) is 150 cm³/mol. The number of nitrogens with one attached hydrogen (secondary N) is 1. The molecular weight excluding hydrogens is 534 g/mol. The van der Waals surface area contributed by atoms with Crippen molar-refractivity contribution >= 4 is 34.9 Å². The molecule has 0 spiro atoms. The first-order valence-electron chi connectivity index (χ1n) is 12.9. The van der Waals surface area contributed by atoms with Crippen LogP contribution >= 0.6 is 11.5 Å². The van der Waals surface area contributed by atoms with Crippen molar-refractivity contribution in [2.45, 2.75) is 38.5 Å². The smallest absolute Gasteiger partial charge is 0.270 e. The number of methoxy groups -OCH3 is 1. The molecule has 2 atom stereocenters. The number of hydrogen-bond donors (Lipinski definition) is 3. The monoisotopic (exact) mass is 567 g/mol. The van der Waals surface area contributed by atoms with Crippen LogP contribution in [0.5, 0.6) is 11.5 Å². The molecule has 0 aliphatic carbocycles. The minimum absolute atomic E-state index is 0.0187. The Hall–Kier alpha value is -4.16. The van der Waals surface area contributed by atoms with Crippen LogP contribution in [0.3, 0.4) is 0 Å². The quantitative estimate of drug-likeness (QED) is 0.301. The lowest BCUT2D eigenvalue weighted by Gasteiger charge is -2.31. The topological polar surface area (TPSA) is 159 Å². The summed E-state index contributed by atoms with van der Waals surface area (Å²) in [5, 5.41) is 2.97. The van der Waals surface area contributed by atoms with E-state index in [1.165, 1.54) is 4.90 Å². The summed E-state index contributed by atoms with van der Waals surface area (Å²) in [7, 11) is 1.56. The molecule has 1 saturated heterocycles. The molecule has 12 heteroatoms. The summed E-state index contributed by atoms with van der Waals surface area (Å²) in [5.74, 6) is -0.511. The van der Waals surface area contributed by atoms with Crippen LogP contribution in [0.25, 0.3) is 0 Å². The minimum Gasteiger partial charge on any atom is -0.497 e. The minimum atomic E-state index is -1.05. The summed E-state index contributed by atoms with van der Waals surface area (Å²) in [4.78, 5) is 41.2. The first-order valence-corrected chi connectivity index (χ1v) is 13.7. The molecule has 212 valence electrons. The number of amides is 3. The fourth-order valence-corrected chi connectivity index (χ4v) is 5.23. The van der Waals surface area contributed by atoms with Crippen molar-refractivity contribution < 1.29 is 28.6 Å². The molecule has 40 heavy (non-hydrogen) atoms. The Bertz CT molecular complexity index is 1320. The van der Waals surface area contributed by atoms with Crippen LogP contribution in [0.4, 0.5) is 5.69 Å². The van der Waals surface area contributed by atoms with Gasteiger partial charge in [-0.05, 0) is 66.7 Å². The predicted octanol–water partition coefficient (Wildman–Crippen LogP) is 2.91. The molecule has 1 aliphatic rings. The molecule has 1 aromatic heterocycles. The van der Waals surface area contributed by atoms with Crippen molar-refractivity contribution in [3.05, 3.63) is 70.2 Å². The van der Waals surface area contributed by atoms with Crippen LogP contribution in [0.2, 0.25) is 0 Å². The largest absolute Gasteiger partial charge is 0.497 e. The summed E-state index contributed by atoms with van der Waals surface area (Å²) < 4.78 is 20.5. The number of nitrogens with zero attached hydrogens (tertiary/aromatic N) is 2. The van der Waals surface area contributed by atoms with E-state index in [2.05, 4.69) is 9.69 Å². The van der Waals surface area contributed by atoms with E-state index in [1.54, 1.807) is 43.5 Å². The second-order valence-corrected chi connectivity index (χ2v) is 9.98. The van der Waals surface area contributed by atoms with E-state index in [-0.39, 0.29) is 34.8 Å². The van der Waals surface area contributed by atoms with Crippen LogP contribution in [-0.4, -0.2) is 60.0 Å². The Balaban J connectivity index is 1.75. The van der Waals surface area contributed by atoms with Gasteiger partial charge in [0.1, 0.15) is 22.4 Å². The molecule has 4 rings (SSSR count). The zero-order valence-electron chi connectivity index (χ0n) is 22.4. The first-order chi connectivity index (χ1) is 19.3. The van der Waals surface area contributed by atoms with Gasteiger partial charge in [0.05, 0.1) is 25.5 Å². The van der Waals surface area contributed by atoms with Gasteiger partial charge >= 0.3 is 0 Å².